The van der Waals surface area contributed by atoms with Gasteiger partial charge in [0.1, 0.15) is 11.6 Å². The number of benzene rings is 2. The number of rotatable bonds is 9. The average Bonchev–Trinajstić information content (AvgIpc) is 3.18. The Bertz CT molecular complexity index is 1480. The minimum atomic E-state index is -2.90. The quantitative estimate of drug-likeness (QED) is 0.367. The van der Waals surface area contributed by atoms with Gasteiger partial charge in [0.2, 0.25) is 0 Å². The van der Waals surface area contributed by atoms with E-state index in [1.165, 1.54) is 19.2 Å². The van der Waals surface area contributed by atoms with Gasteiger partial charge in [-0.05, 0) is 29.8 Å². The number of hydrogen-bond donors (Lipinski definition) is 0. The number of nitriles is 1. The van der Waals surface area contributed by atoms with Crippen LogP contribution in [-0.2, 0) is 32.5 Å². The van der Waals surface area contributed by atoms with Crippen molar-refractivity contribution in [1.82, 2.24) is 14.3 Å². The third-order valence-corrected chi connectivity index (χ3v) is 5.75. The lowest BCUT2D eigenvalue weighted by Crippen LogP contribution is -2.33. The Hall–Kier alpha value is -4.31. The lowest BCUT2D eigenvalue weighted by molar-refractivity contribution is -0.151. The van der Waals surface area contributed by atoms with Crippen LogP contribution < -0.4 is 10.4 Å². The summed E-state index contributed by atoms with van der Waals surface area (Å²) in [6.45, 7) is 0. The molecule has 1 heterocycles. The number of methoxy groups -OCH3 is 2. The van der Waals surface area contributed by atoms with Crippen LogP contribution in [0.2, 0.25) is 5.02 Å². The second-order valence-corrected chi connectivity index (χ2v) is 8.26. The monoisotopic (exact) mass is 552 g/mol. The lowest BCUT2D eigenvalue weighted by Gasteiger charge is -2.13. The third kappa shape index (κ3) is 5.97. The van der Waals surface area contributed by atoms with Crippen LogP contribution >= 0.6 is 11.6 Å². The fourth-order valence-corrected chi connectivity index (χ4v) is 3.65. The van der Waals surface area contributed by atoms with Crippen LogP contribution in [0, 0.1) is 17.1 Å². The highest BCUT2D eigenvalue weighted by atomic mass is 35.5. The van der Waals surface area contributed by atoms with Crippen molar-refractivity contribution in [1.29, 1.82) is 5.26 Å². The molecule has 0 N–H and O–H groups in total. The lowest BCUT2D eigenvalue weighted by atomic mass is 10.1. The smallest absolute Gasteiger partial charge is 0.346 e. The highest BCUT2D eigenvalue weighted by molar-refractivity contribution is 6.32. The van der Waals surface area contributed by atoms with Crippen LogP contribution in [0.1, 0.15) is 41.4 Å². The largest absolute Gasteiger partial charge is 0.469 e. The molecule has 3 aromatic rings. The SMILES string of the molecule is COC(=O)CC(C(=O)OC)n1nc(Cc2ccc(Cl)c(Oc3cc(C#N)cc(C(F)F)c3)c2F)n(C)c1=O. The number of esters is 2. The molecule has 3 rings (SSSR count). The van der Waals surface area contributed by atoms with Crippen LogP contribution in [0.15, 0.2) is 35.1 Å². The van der Waals surface area contributed by atoms with E-state index in [9.17, 15) is 23.2 Å². The van der Waals surface area contributed by atoms with Gasteiger partial charge >= 0.3 is 17.6 Å². The predicted octanol–water partition coefficient (Wildman–Crippen LogP) is 3.84. The topological polar surface area (TPSA) is 125 Å². The van der Waals surface area contributed by atoms with Gasteiger partial charge in [-0.1, -0.05) is 17.7 Å². The average molecular weight is 553 g/mol. The van der Waals surface area contributed by atoms with E-state index in [0.29, 0.717) is 0 Å². The molecule has 0 bridgehead atoms. The Morgan fingerprint density at radius 1 is 1.18 bits per heavy atom. The van der Waals surface area contributed by atoms with Crippen molar-refractivity contribution in [3.8, 4) is 17.6 Å². The molecular formula is C24H20ClF3N4O6. The van der Waals surface area contributed by atoms with Crippen LogP contribution in [0.4, 0.5) is 13.2 Å². The first kappa shape index (κ1) is 28.3. The van der Waals surface area contributed by atoms with Crippen molar-refractivity contribution in [2.24, 2.45) is 7.05 Å². The molecule has 0 amide bonds. The molecule has 38 heavy (non-hydrogen) atoms. The van der Waals surface area contributed by atoms with E-state index in [-0.39, 0.29) is 34.1 Å². The summed E-state index contributed by atoms with van der Waals surface area (Å²) in [4.78, 5) is 36.8. The van der Waals surface area contributed by atoms with E-state index in [1.807, 2.05) is 0 Å². The minimum Gasteiger partial charge on any atom is -0.469 e. The van der Waals surface area contributed by atoms with Crippen LogP contribution in [0.5, 0.6) is 11.5 Å². The van der Waals surface area contributed by atoms with Crippen molar-refractivity contribution in [2.45, 2.75) is 25.3 Å². The first-order chi connectivity index (χ1) is 18.0. The summed E-state index contributed by atoms with van der Waals surface area (Å²) in [5.74, 6) is -3.41. The van der Waals surface area contributed by atoms with Gasteiger partial charge in [0.05, 0.1) is 37.3 Å². The number of nitrogens with zero attached hydrogens (tertiary/aromatic N) is 4. The number of alkyl halides is 2. The summed E-state index contributed by atoms with van der Waals surface area (Å²) in [6.07, 6.45) is -3.72. The standard InChI is InChI=1S/C24H20ClF3N4O6/c1-31-18(30-32(24(31)35)17(23(34)37-3)10-19(33)36-2)9-13-4-5-16(25)21(20(13)26)38-15-7-12(11-29)6-14(8-15)22(27)28/h4-8,17,22H,9-10H2,1-3H3. The fourth-order valence-electron chi connectivity index (χ4n) is 3.47. The summed E-state index contributed by atoms with van der Waals surface area (Å²) >= 11 is 6.10. The van der Waals surface area contributed by atoms with Crippen LogP contribution in [-0.4, -0.2) is 40.5 Å². The predicted molar refractivity (Wildman–Crippen MR) is 126 cm³/mol. The second-order valence-electron chi connectivity index (χ2n) is 7.85. The number of ether oxygens (including phenoxy) is 3. The summed E-state index contributed by atoms with van der Waals surface area (Å²) in [6, 6.07) is 5.97. The molecule has 0 fully saturated rings. The maximum Gasteiger partial charge on any atom is 0.346 e. The summed E-state index contributed by atoms with van der Waals surface area (Å²) in [5.41, 5.74) is -1.45. The first-order valence-corrected chi connectivity index (χ1v) is 11.2. The molecule has 1 unspecified atom stereocenters. The van der Waals surface area contributed by atoms with E-state index in [0.717, 1.165) is 41.7 Å². The van der Waals surface area contributed by atoms with Gasteiger partial charge in [0.15, 0.2) is 17.6 Å². The Kier molecular flexibility index (Phi) is 8.80. The van der Waals surface area contributed by atoms with Gasteiger partial charge in [-0.3, -0.25) is 9.36 Å². The molecule has 0 spiro atoms. The molecule has 0 saturated heterocycles. The molecular weight excluding hydrogens is 533 g/mol. The maximum atomic E-state index is 15.5. The van der Waals surface area contributed by atoms with E-state index in [2.05, 4.69) is 14.6 Å². The summed E-state index contributed by atoms with van der Waals surface area (Å²) < 4.78 is 58.3. The number of carbonyl (C=O) groups excluding carboxylic acids is 2. The van der Waals surface area contributed by atoms with E-state index < -0.39 is 53.6 Å². The Morgan fingerprint density at radius 2 is 1.89 bits per heavy atom. The van der Waals surface area contributed by atoms with E-state index >= 15 is 4.39 Å². The van der Waals surface area contributed by atoms with Gasteiger partial charge in [0.25, 0.3) is 6.43 Å². The fraction of sp³-hybridized carbons (Fsp3) is 0.292. The number of carbonyl (C=O) groups is 2. The molecule has 0 aliphatic rings. The maximum absolute atomic E-state index is 15.5. The zero-order valence-electron chi connectivity index (χ0n) is 20.2. The number of halogens is 4. The molecule has 0 radical (unpaired) electrons. The van der Waals surface area contributed by atoms with Crippen LogP contribution in [0.3, 0.4) is 0 Å². The van der Waals surface area contributed by atoms with Crippen LogP contribution in [0.25, 0.3) is 0 Å². The molecule has 1 atom stereocenters. The number of aromatic nitrogens is 3. The molecule has 0 aliphatic heterocycles. The van der Waals surface area contributed by atoms with Gasteiger partial charge in [-0.2, -0.15) is 15.0 Å². The Morgan fingerprint density at radius 3 is 2.50 bits per heavy atom. The minimum absolute atomic E-state index is 0.00686. The van der Waals surface area contributed by atoms with E-state index in [4.69, 9.17) is 21.6 Å². The normalized spacial score (nSPS) is 11.7. The molecule has 200 valence electrons. The molecule has 10 nitrogen and oxygen atoms in total. The summed E-state index contributed by atoms with van der Waals surface area (Å²) in [7, 11) is 3.51. The zero-order chi connectivity index (χ0) is 28.1. The highest BCUT2D eigenvalue weighted by Gasteiger charge is 2.30. The number of hydrogen-bond acceptors (Lipinski definition) is 8. The third-order valence-electron chi connectivity index (χ3n) is 5.46. The van der Waals surface area contributed by atoms with Crippen molar-refractivity contribution in [3.05, 3.63) is 74.2 Å². The van der Waals surface area contributed by atoms with Crippen molar-refractivity contribution >= 4 is 23.5 Å². The highest BCUT2D eigenvalue weighted by Crippen LogP contribution is 2.36. The van der Waals surface area contributed by atoms with Gasteiger partial charge in [0, 0.05) is 19.0 Å². The molecule has 1 aromatic heterocycles. The summed E-state index contributed by atoms with van der Waals surface area (Å²) in [5, 5.41) is 13.0. The van der Waals surface area contributed by atoms with Gasteiger partial charge in [-0.15, -0.1) is 0 Å². The Labute approximate surface area is 218 Å². The van der Waals surface area contributed by atoms with E-state index in [1.54, 1.807) is 6.07 Å². The Balaban J connectivity index is 1.99. The first-order valence-electron chi connectivity index (χ1n) is 10.8. The molecule has 0 saturated carbocycles. The van der Waals surface area contributed by atoms with Gasteiger partial charge in [-0.25, -0.2) is 22.8 Å². The second kappa shape index (κ2) is 11.8. The molecule has 14 heteroatoms. The van der Waals surface area contributed by atoms with Gasteiger partial charge < -0.3 is 14.2 Å². The molecule has 2 aromatic carbocycles. The molecule has 0 aliphatic carbocycles. The van der Waals surface area contributed by atoms with Crippen molar-refractivity contribution < 1.29 is 37.0 Å². The van der Waals surface area contributed by atoms with Crippen molar-refractivity contribution in [2.75, 3.05) is 14.2 Å². The van der Waals surface area contributed by atoms with Crippen molar-refractivity contribution in [3.63, 3.8) is 0 Å². The zero-order valence-corrected chi connectivity index (χ0v) is 21.0.